The van der Waals surface area contributed by atoms with Crippen molar-refractivity contribution in [3.05, 3.63) is 40.9 Å². The van der Waals surface area contributed by atoms with Gasteiger partial charge in [0.2, 0.25) is 0 Å². The van der Waals surface area contributed by atoms with Gasteiger partial charge in [0.1, 0.15) is 16.6 Å². The number of rotatable bonds is 5. The zero-order valence-electron chi connectivity index (χ0n) is 10.0. The molecule has 0 amide bonds. The lowest BCUT2D eigenvalue weighted by molar-refractivity contribution is 0.585. The van der Waals surface area contributed by atoms with E-state index in [4.69, 9.17) is 0 Å². The Hall–Kier alpha value is -1.33. The molecule has 0 saturated heterocycles. The van der Waals surface area contributed by atoms with Crippen LogP contribution in [-0.2, 0) is 6.42 Å². The van der Waals surface area contributed by atoms with E-state index >= 15 is 0 Å². The van der Waals surface area contributed by atoms with Crippen LogP contribution in [0.15, 0.2) is 23.6 Å². The van der Waals surface area contributed by atoms with Crippen molar-refractivity contribution in [1.29, 1.82) is 0 Å². The summed E-state index contributed by atoms with van der Waals surface area (Å²) < 4.78 is 26.4. The molecule has 0 saturated carbocycles. The molecule has 2 nitrogen and oxygen atoms in total. The summed E-state index contributed by atoms with van der Waals surface area (Å²) in [6.45, 7) is 0.928. The lowest BCUT2D eigenvalue weighted by atomic mass is 10.2. The number of thiazole rings is 1. The molecular weight excluding hydrogens is 254 g/mol. The summed E-state index contributed by atoms with van der Waals surface area (Å²) in [5.74, 6) is -1.13. The van der Waals surface area contributed by atoms with Crippen molar-refractivity contribution in [2.75, 3.05) is 13.6 Å². The van der Waals surface area contributed by atoms with E-state index in [1.165, 1.54) is 23.5 Å². The molecule has 5 heteroatoms. The van der Waals surface area contributed by atoms with Crippen LogP contribution < -0.4 is 5.32 Å². The predicted octanol–water partition coefficient (Wildman–Crippen LogP) is 3.24. The van der Waals surface area contributed by atoms with Gasteiger partial charge in [0, 0.05) is 17.0 Å². The van der Waals surface area contributed by atoms with Crippen LogP contribution in [-0.4, -0.2) is 18.6 Å². The quantitative estimate of drug-likeness (QED) is 0.842. The second-order valence-electron chi connectivity index (χ2n) is 3.98. The molecule has 0 spiro atoms. The lowest BCUT2D eigenvalue weighted by Gasteiger charge is -1.99. The van der Waals surface area contributed by atoms with Gasteiger partial charge in [-0.3, -0.25) is 0 Å². The minimum atomic E-state index is -0.568. The van der Waals surface area contributed by atoms with Crippen LogP contribution in [0.1, 0.15) is 12.1 Å². The summed E-state index contributed by atoms with van der Waals surface area (Å²) in [5.41, 5.74) is 1.32. The summed E-state index contributed by atoms with van der Waals surface area (Å²) in [5, 5.41) is 5.59. The third kappa shape index (κ3) is 3.11. The highest BCUT2D eigenvalue weighted by Crippen LogP contribution is 2.27. The van der Waals surface area contributed by atoms with Gasteiger partial charge in [0.05, 0.1) is 5.69 Å². The number of halogens is 2. The molecule has 2 rings (SSSR count). The van der Waals surface area contributed by atoms with E-state index in [0.29, 0.717) is 10.6 Å². The maximum atomic E-state index is 13.6. The average Bonchev–Trinajstić information content (AvgIpc) is 2.78. The van der Waals surface area contributed by atoms with Crippen molar-refractivity contribution in [1.82, 2.24) is 10.3 Å². The van der Waals surface area contributed by atoms with Crippen LogP contribution in [0.4, 0.5) is 8.78 Å². The summed E-state index contributed by atoms with van der Waals surface area (Å²) in [4.78, 5) is 4.37. The Morgan fingerprint density at radius 1 is 1.33 bits per heavy atom. The molecule has 2 aromatic rings. The summed E-state index contributed by atoms with van der Waals surface area (Å²) in [6.07, 6.45) is 1.85. The Kier molecular flexibility index (Phi) is 4.38. The van der Waals surface area contributed by atoms with E-state index in [9.17, 15) is 8.78 Å². The minimum Gasteiger partial charge on any atom is -0.320 e. The first-order chi connectivity index (χ1) is 8.70. The van der Waals surface area contributed by atoms with Gasteiger partial charge < -0.3 is 5.32 Å². The van der Waals surface area contributed by atoms with Gasteiger partial charge in [0.25, 0.3) is 0 Å². The van der Waals surface area contributed by atoms with Crippen molar-refractivity contribution in [2.24, 2.45) is 0 Å². The van der Waals surface area contributed by atoms with Crippen molar-refractivity contribution in [2.45, 2.75) is 12.8 Å². The monoisotopic (exact) mass is 268 g/mol. The standard InChI is InChI=1S/C13H14F2N2S/c1-16-6-2-3-10-8-18-13(17-10)11-5-4-9(14)7-12(11)15/h4-5,7-8,16H,2-3,6H2,1H3. The average molecular weight is 268 g/mol. The molecule has 96 valence electrons. The Labute approximate surface area is 109 Å². The Morgan fingerprint density at radius 3 is 2.89 bits per heavy atom. The molecule has 1 heterocycles. The maximum Gasteiger partial charge on any atom is 0.136 e. The van der Waals surface area contributed by atoms with Crippen LogP contribution in [0.5, 0.6) is 0 Å². The fourth-order valence-electron chi connectivity index (χ4n) is 1.65. The van der Waals surface area contributed by atoms with Gasteiger partial charge in [-0.2, -0.15) is 0 Å². The summed E-state index contributed by atoms with van der Waals surface area (Å²) >= 11 is 1.39. The van der Waals surface area contributed by atoms with E-state index < -0.39 is 11.6 Å². The maximum absolute atomic E-state index is 13.6. The molecule has 0 unspecified atom stereocenters. The number of nitrogens with one attached hydrogen (secondary N) is 1. The molecule has 0 aliphatic carbocycles. The molecule has 1 N–H and O–H groups in total. The SMILES string of the molecule is CNCCCc1csc(-c2ccc(F)cc2F)n1. The van der Waals surface area contributed by atoms with Gasteiger partial charge in [0.15, 0.2) is 0 Å². The van der Waals surface area contributed by atoms with Crippen LogP contribution in [0.25, 0.3) is 10.6 Å². The first-order valence-corrected chi connectivity index (χ1v) is 6.63. The summed E-state index contributed by atoms with van der Waals surface area (Å²) in [7, 11) is 1.90. The van der Waals surface area contributed by atoms with E-state index in [1.807, 2.05) is 12.4 Å². The van der Waals surface area contributed by atoms with Gasteiger partial charge in [-0.25, -0.2) is 13.8 Å². The topological polar surface area (TPSA) is 24.9 Å². The normalized spacial score (nSPS) is 10.8. The summed E-state index contributed by atoms with van der Waals surface area (Å²) in [6, 6.07) is 3.57. The molecule has 0 atom stereocenters. The van der Waals surface area contributed by atoms with Crippen molar-refractivity contribution < 1.29 is 8.78 Å². The van der Waals surface area contributed by atoms with Gasteiger partial charge in [-0.15, -0.1) is 11.3 Å². The molecule has 1 aromatic heterocycles. The fraction of sp³-hybridized carbons (Fsp3) is 0.308. The van der Waals surface area contributed by atoms with Gasteiger partial charge in [-0.05, 0) is 38.6 Å². The first kappa shape index (κ1) is 13.1. The van der Waals surface area contributed by atoms with E-state index in [-0.39, 0.29) is 0 Å². The number of hydrogen-bond acceptors (Lipinski definition) is 3. The number of benzene rings is 1. The Morgan fingerprint density at radius 2 is 2.17 bits per heavy atom. The van der Waals surface area contributed by atoms with E-state index in [0.717, 1.165) is 31.1 Å². The number of nitrogens with zero attached hydrogens (tertiary/aromatic N) is 1. The number of aromatic nitrogens is 1. The lowest BCUT2D eigenvalue weighted by Crippen LogP contribution is -2.08. The molecule has 0 fully saturated rings. The largest absolute Gasteiger partial charge is 0.320 e. The van der Waals surface area contributed by atoms with Crippen LogP contribution in [0.3, 0.4) is 0 Å². The highest BCUT2D eigenvalue weighted by atomic mass is 32.1. The Bertz CT molecular complexity index is 525. The van der Waals surface area contributed by atoms with Crippen LogP contribution >= 0.6 is 11.3 Å². The molecule has 0 bridgehead atoms. The fourth-order valence-corrected chi connectivity index (χ4v) is 2.54. The second-order valence-corrected chi connectivity index (χ2v) is 4.83. The van der Waals surface area contributed by atoms with E-state index in [2.05, 4.69) is 10.3 Å². The third-order valence-electron chi connectivity index (χ3n) is 2.57. The number of aryl methyl sites for hydroxylation is 1. The molecule has 0 radical (unpaired) electrons. The second kappa shape index (κ2) is 6.02. The molecule has 0 aliphatic heterocycles. The minimum absolute atomic E-state index is 0.362. The Balaban J connectivity index is 2.13. The number of hydrogen-bond donors (Lipinski definition) is 1. The molecule has 18 heavy (non-hydrogen) atoms. The van der Waals surface area contributed by atoms with Crippen molar-refractivity contribution >= 4 is 11.3 Å². The zero-order chi connectivity index (χ0) is 13.0. The van der Waals surface area contributed by atoms with Gasteiger partial charge >= 0.3 is 0 Å². The van der Waals surface area contributed by atoms with E-state index in [1.54, 1.807) is 0 Å². The third-order valence-corrected chi connectivity index (χ3v) is 3.50. The van der Waals surface area contributed by atoms with Crippen molar-refractivity contribution in [3.63, 3.8) is 0 Å². The highest BCUT2D eigenvalue weighted by molar-refractivity contribution is 7.13. The zero-order valence-corrected chi connectivity index (χ0v) is 10.9. The highest BCUT2D eigenvalue weighted by Gasteiger charge is 2.10. The molecule has 1 aromatic carbocycles. The first-order valence-electron chi connectivity index (χ1n) is 5.75. The molecule has 0 aliphatic rings. The van der Waals surface area contributed by atoms with Crippen LogP contribution in [0.2, 0.25) is 0 Å². The molecular formula is C13H14F2N2S. The smallest absolute Gasteiger partial charge is 0.136 e. The van der Waals surface area contributed by atoms with Crippen molar-refractivity contribution in [3.8, 4) is 10.6 Å². The predicted molar refractivity (Wildman–Crippen MR) is 69.7 cm³/mol. The van der Waals surface area contributed by atoms with Crippen LogP contribution in [0, 0.1) is 11.6 Å². The van der Waals surface area contributed by atoms with Gasteiger partial charge in [-0.1, -0.05) is 0 Å².